The van der Waals surface area contributed by atoms with Crippen LogP contribution in [0.4, 0.5) is 0 Å². The van der Waals surface area contributed by atoms with Crippen molar-refractivity contribution in [2.24, 2.45) is 0 Å². The molecule has 1 aliphatic rings. The fourth-order valence-electron chi connectivity index (χ4n) is 3.03. The molecule has 19 heavy (non-hydrogen) atoms. The van der Waals surface area contributed by atoms with Crippen molar-refractivity contribution >= 4 is 0 Å². The molecule has 0 atom stereocenters. The maximum atomic E-state index is 4.60. The number of rotatable bonds is 2. The third-order valence-corrected chi connectivity index (χ3v) is 4.15. The highest BCUT2D eigenvalue weighted by Crippen LogP contribution is 2.28. The van der Waals surface area contributed by atoms with Crippen LogP contribution in [0.25, 0.3) is 11.1 Å². The Balaban J connectivity index is 1.82. The molecule has 0 N–H and O–H groups in total. The van der Waals surface area contributed by atoms with Crippen molar-refractivity contribution in [3.05, 3.63) is 42.2 Å². The summed E-state index contributed by atoms with van der Waals surface area (Å²) in [6, 6.07) is 9.27. The maximum Gasteiger partial charge on any atom is 0.0568 e. The summed E-state index contributed by atoms with van der Waals surface area (Å²) in [5.74, 6) is 0. The van der Waals surface area contributed by atoms with Gasteiger partial charge in [-0.2, -0.15) is 5.10 Å². The molecule has 1 aromatic carbocycles. The number of aromatic nitrogens is 2. The third kappa shape index (κ3) is 2.89. The van der Waals surface area contributed by atoms with Crippen molar-refractivity contribution in [1.82, 2.24) is 9.78 Å². The molecule has 0 spiro atoms. The lowest BCUT2D eigenvalue weighted by Crippen LogP contribution is -2.08. The molecule has 1 fully saturated rings. The smallest absolute Gasteiger partial charge is 0.0568 e. The van der Waals surface area contributed by atoms with Crippen LogP contribution >= 0.6 is 0 Å². The summed E-state index contributed by atoms with van der Waals surface area (Å²) in [7, 11) is 0. The first-order valence-electron chi connectivity index (χ1n) is 7.44. The minimum atomic E-state index is 0.612. The molecular weight excluding hydrogens is 232 g/mol. The largest absolute Gasteiger partial charge is 0.269 e. The average Bonchev–Trinajstić information content (AvgIpc) is 2.75. The van der Waals surface area contributed by atoms with Gasteiger partial charge >= 0.3 is 0 Å². The van der Waals surface area contributed by atoms with Crippen LogP contribution in [-0.2, 0) is 0 Å². The van der Waals surface area contributed by atoms with E-state index in [0.717, 1.165) is 0 Å². The van der Waals surface area contributed by atoms with Crippen LogP contribution in [0, 0.1) is 6.92 Å². The first-order chi connectivity index (χ1) is 9.33. The minimum absolute atomic E-state index is 0.612. The number of benzene rings is 1. The van der Waals surface area contributed by atoms with Crippen molar-refractivity contribution in [2.75, 3.05) is 0 Å². The summed E-state index contributed by atoms with van der Waals surface area (Å²) in [5, 5.41) is 4.60. The zero-order valence-electron chi connectivity index (χ0n) is 11.7. The van der Waals surface area contributed by atoms with Crippen molar-refractivity contribution < 1.29 is 0 Å². The second kappa shape index (κ2) is 5.60. The van der Waals surface area contributed by atoms with Crippen LogP contribution in [0.5, 0.6) is 0 Å². The van der Waals surface area contributed by atoms with Crippen LogP contribution in [-0.4, -0.2) is 9.78 Å². The number of hydrogen-bond acceptors (Lipinski definition) is 1. The second-order valence-corrected chi connectivity index (χ2v) is 5.72. The Morgan fingerprint density at radius 2 is 1.84 bits per heavy atom. The molecule has 2 heteroatoms. The van der Waals surface area contributed by atoms with Gasteiger partial charge < -0.3 is 0 Å². The molecule has 1 saturated carbocycles. The summed E-state index contributed by atoms with van der Waals surface area (Å²) < 4.78 is 2.20. The fourth-order valence-corrected chi connectivity index (χ4v) is 3.03. The molecule has 2 nitrogen and oxygen atoms in total. The highest BCUT2D eigenvalue weighted by Gasteiger charge is 2.15. The second-order valence-electron chi connectivity index (χ2n) is 5.72. The molecule has 2 aromatic rings. The van der Waals surface area contributed by atoms with Gasteiger partial charge in [0.25, 0.3) is 0 Å². The maximum absolute atomic E-state index is 4.60. The normalized spacial score (nSPS) is 17.3. The van der Waals surface area contributed by atoms with E-state index in [1.54, 1.807) is 0 Å². The van der Waals surface area contributed by atoms with Gasteiger partial charge in [0, 0.05) is 11.8 Å². The van der Waals surface area contributed by atoms with E-state index in [4.69, 9.17) is 0 Å². The van der Waals surface area contributed by atoms with Gasteiger partial charge in [-0.1, -0.05) is 55.5 Å². The quantitative estimate of drug-likeness (QED) is 0.707. The molecular formula is C17H22N2. The van der Waals surface area contributed by atoms with Gasteiger partial charge in [-0.3, -0.25) is 4.68 Å². The summed E-state index contributed by atoms with van der Waals surface area (Å²) in [6.07, 6.45) is 12.3. The van der Waals surface area contributed by atoms with E-state index in [1.807, 2.05) is 6.20 Å². The SMILES string of the molecule is Cc1cccc(-c2cnn(C3CCCCCC3)c2)c1. The Labute approximate surface area is 115 Å². The average molecular weight is 254 g/mol. The molecule has 3 rings (SSSR count). The van der Waals surface area contributed by atoms with E-state index in [1.165, 1.54) is 55.2 Å². The summed E-state index contributed by atoms with van der Waals surface area (Å²) in [4.78, 5) is 0. The molecule has 0 aliphatic heterocycles. The summed E-state index contributed by atoms with van der Waals surface area (Å²) in [6.45, 7) is 2.14. The van der Waals surface area contributed by atoms with E-state index in [9.17, 15) is 0 Å². The lowest BCUT2D eigenvalue weighted by atomic mass is 10.1. The van der Waals surface area contributed by atoms with E-state index in [0.29, 0.717) is 6.04 Å². The Morgan fingerprint density at radius 3 is 2.58 bits per heavy atom. The third-order valence-electron chi connectivity index (χ3n) is 4.15. The Hall–Kier alpha value is -1.57. The van der Waals surface area contributed by atoms with Gasteiger partial charge in [0.15, 0.2) is 0 Å². The highest BCUT2D eigenvalue weighted by atomic mass is 15.3. The zero-order valence-corrected chi connectivity index (χ0v) is 11.7. The summed E-state index contributed by atoms with van der Waals surface area (Å²) >= 11 is 0. The lowest BCUT2D eigenvalue weighted by Gasteiger charge is -2.14. The standard InChI is InChI=1S/C17H22N2/c1-14-7-6-8-15(11-14)16-12-18-19(13-16)17-9-4-2-3-5-10-17/h6-8,11-13,17H,2-5,9-10H2,1H3. The van der Waals surface area contributed by atoms with E-state index in [2.05, 4.69) is 47.2 Å². The number of nitrogens with zero attached hydrogens (tertiary/aromatic N) is 2. The molecule has 1 aliphatic carbocycles. The monoisotopic (exact) mass is 254 g/mol. The van der Waals surface area contributed by atoms with Crippen molar-refractivity contribution in [1.29, 1.82) is 0 Å². The Morgan fingerprint density at radius 1 is 1.05 bits per heavy atom. The van der Waals surface area contributed by atoms with E-state index in [-0.39, 0.29) is 0 Å². The van der Waals surface area contributed by atoms with Gasteiger partial charge in [-0.05, 0) is 25.3 Å². The molecule has 0 amide bonds. The molecule has 0 radical (unpaired) electrons. The van der Waals surface area contributed by atoms with Crippen LogP contribution < -0.4 is 0 Å². The highest BCUT2D eigenvalue weighted by molar-refractivity contribution is 5.62. The Bertz CT molecular complexity index is 534. The van der Waals surface area contributed by atoms with Gasteiger partial charge in [-0.15, -0.1) is 0 Å². The molecule has 0 unspecified atom stereocenters. The van der Waals surface area contributed by atoms with Crippen LogP contribution in [0.1, 0.15) is 50.1 Å². The molecule has 1 aromatic heterocycles. The topological polar surface area (TPSA) is 17.8 Å². The molecule has 100 valence electrons. The summed E-state index contributed by atoms with van der Waals surface area (Å²) in [5.41, 5.74) is 3.83. The predicted molar refractivity (Wildman–Crippen MR) is 79.1 cm³/mol. The first-order valence-corrected chi connectivity index (χ1v) is 7.44. The van der Waals surface area contributed by atoms with Crippen LogP contribution in [0.3, 0.4) is 0 Å². The van der Waals surface area contributed by atoms with Gasteiger partial charge in [0.05, 0.1) is 12.2 Å². The van der Waals surface area contributed by atoms with Crippen molar-refractivity contribution in [3.63, 3.8) is 0 Å². The fraction of sp³-hybridized carbons (Fsp3) is 0.471. The molecule has 0 bridgehead atoms. The van der Waals surface area contributed by atoms with Gasteiger partial charge in [0.2, 0.25) is 0 Å². The van der Waals surface area contributed by atoms with Crippen LogP contribution in [0.15, 0.2) is 36.7 Å². The van der Waals surface area contributed by atoms with Gasteiger partial charge in [0.1, 0.15) is 0 Å². The van der Waals surface area contributed by atoms with Gasteiger partial charge in [-0.25, -0.2) is 0 Å². The zero-order chi connectivity index (χ0) is 13.1. The minimum Gasteiger partial charge on any atom is -0.269 e. The Kier molecular flexibility index (Phi) is 3.67. The predicted octanol–water partition coefficient (Wildman–Crippen LogP) is 4.75. The molecule has 1 heterocycles. The number of hydrogen-bond donors (Lipinski definition) is 0. The van der Waals surface area contributed by atoms with Crippen LogP contribution in [0.2, 0.25) is 0 Å². The van der Waals surface area contributed by atoms with E-state index >= 15 is 0 Å². The first kappa shape index (κ1) is 12.5. The van der Waals surface area contributed by atoms with E-state index < -0.39 is 0 Å². The van der Waals surface area contributed by atoms with Crippen molar-refractivity contribution in [2.45, 2.75) is 51.5 Å². The number of aryl methyl sites for hydroxylation is 1. The molecule has 0 saturated heterocycles. The lowest BCUT2D eigenvalue weighted by molar-refractivity contribution is 0.405. The van der Waals surface area contributed by atoms with Crippen molar-refractivity contribution in [3.8, 4) is 11.1 Å².